The first-order chi connectivity index (χ1) is 5.59. The highest BCUT2D eigenvalue weighted by Gasteiger charge is 2.06. The van der Waals surface area contributed by atoms with Gasteiger partial charge in [-0.3, -0.25) is 4.57 Å². The zero-order chi connectivity index (χ0) is 9.14. The maximum absolute atomic E-state index is 12.0. The van der Waals surface area contributed by atoms with E-state index in [-0.39, 0.29) is 6.04 Å². The van der Waals surface area contributed by atoms with Gasteiger partial charge in [0.1, 0.15) is 0 Å². The molecule has 1 heterocycles. The van der Waals surface area contributed by atoms with Gasteiger partial charge in [-0.25, -0.2) is 0 Å². The van der Waals surface area contributed by atoms with Crippen LogP contribution in [-0.4, -0.2) is 10.6 Å². The van der Waals surface area contributed by atoms with Crippen molar-refractivity contribution in [2.24, 2.45) is 5.73 Å². The Morgan fingerprint density at radius 2 is 2.25 bits per heavy atom. The van der Waals surface area contributed by atoms with Crippen LogP contribution in [0.1, 0.15) is 19.0 Å². The van der Waals surface area contributed by atoms with Crippen molar-refractivity contribution in [3.8, 4) is 0 Å². The first-order valence-electron chi connectivity index (χ1n) is 3.79. The SMILES string of the molecule is CC(N)Cc1ccn(C(F)F)c1. The summed E-state index contributed by atoms with van der Waals surface area (Å²) in [6, 6.07) is 1.67. The van der Waals surface area contributed by atoms with E-state index in [2.05, 4.69) is 0 Å². The number of nitrogens with zero attached hydrogens (tertiary/aromatic N) is 1. The summed E-state index contributed by atoms with van der Waals surface area (Å²) in [6.45, 7) is -0.605. The van der Waals surface area contributed by atoms with Gasteiger partial charge >= 0.3 is 6.55 Å². The molecule has 0 aliphatic heterocycles. The van der Waals surface area contributed by atoms with Crippen LogP contribution >= 0.6 is 0 Å². The van der Waals surface area contributed by atoms with Crippen molar-refractivity contribution < 1.29 is 8.78 Å². The lowest BCUT2D eigenvalue weighted by molar-refractivity contribution is 0.0705. The van der Waals surface area contributed by atoms with Crippen molar-refractivity contribution >= 4 is 0 Å². The summed E-state index contributed by atoms with van der Waals surface area (Å²) >= 11 is 0. The molecule has 2 nitrogen and oxygen atoms in total. The Morgan fingerprint density at radius 1 is 1.58 bits per heavy atom. The van der Waals surface area contributed by atoms with Crippen molar-refractivity contribution in [3.05, 3.63) is 24.0 Å². The van der Waals surface area contributed by atoms with E-state index in [0.29, 0.717) is 6.42 Å². The average Bonchev–Trinajstić information content (AvgIpc) is 2.34. The maximum Gasteiger partial charge on any atom is 0.318 e. The fourth-order valence-corrected chi connectivity index (χ4v) is 1.07. The van der Waals surface area contributed by atoms with Crippen molar-refractivity contribution in [2.75, 3.05) is 0 Å². The third-order valence-corrected chi connectivity index (χ3v) is 1.56. The Labute approximate surface area is 70.0 Å². The van der Waals surface area contributed by atoms with Crippen LogP contribution < -0.4 is 5.73 Å². The molecule has 0 aromatic carbocycles. The lowest BCUT2D eigenvalue weighted by Crippen LogP contribution is -2.17. The van der Waals surface area contributed by atoms with Crippen LogP contribution in [0.4, 0.5) is 8.78 Å². The molecule has 0 saturated heterocycles. The summed E-state index contributed by atoms with van der Waals surface area (Å²) in [5.41, 5.74) is 6.37. The fourth-order valence-electron chi connectivity index (χ4n) is 1.07. The number of hydrogen-bond acceptors (Lipinski definition) is 1. The van der Waals surface area contributed by atoms with Crippen LogP contribution in [0, 0.1) is 0 Å². The number of alkyl halides is 2. The molecule has 4 heteroatoms. The predicted octanol–water partition coefficient (Wildman–Crippen LogP) is 1.77. The third-order valence-electron chi connectivity index (χ3n) is 1.56. The summed E-state index contributed by atoms with van der Waals surface area (Å²) in [4.78, 5) is 0. The third kappa shape index (κ3) is 2.30. The zero-order valence-electron chi connectivity index (χ0n) is 6.87. The number of rotatable bonds is 3. The van der Waals surface area contributed by atoms with E-state index in [9.17, 15) is 8.78 Å². The average molecular weight is 174 g/mol. The Kier molecular flexibility index (Phi) is 2.81. The van der Waals surface area contributed by atoms with E-state index in [1.54, 1.807) is 6.07 Å². The van der Waals surface area contributed by atoms with Gasteiger partial charge in [0.25, 0.3) is 0 Å². The molecule has 0 saturated carbocycles. The second-order valence-corrected chi connectivity index (χ2v) is 2.93. The summed E-state index contributed by atoms with van der Waals surface area (Å²) in [7, 11) is 0. The van der Waals surface area contributed by atoms with Gasteiger partial charge in [-0.05, 0) is 25.0 Å². The lowest BCUT2D eigenvalue weighted by atomic mass is 10.1. The van der Waals surface area contributed by atoms with Crippen molar-refractivity contribution in [1.29, 1.82) is 0 Å². The van der Waals surface area contributed by atoms with E-state index in [4.69, 9.17) is 5.73 Å². The van der Waals surface area contributed by atoms with Crippen LogP contribution in [0.25, 0.3) is 0 Å². The Bertz CT molecular complexity index is 243. The monoisotopic (exact) mass is 174 g/mol. The van der Waals surface area contributed by atoms with Gasteiger partial charge < -0.3 is 5.73 Å². The second kappa shape index (κ2) is 3.67. The minimum absolute atomic E-state index is 0.0125. The minimum atomic E-state index is -2.45. The van der Waals surface area contributed by atoms with E-state index in [1.807, 2.05) is 6.92 Å². The molecule has 0 fully saturated rings. The van der Waals surface area contributed by atoms with Gasteiger partial charge in [0.2, 0.25) is 0 Å². The first kappa shape index (κ1) is 9.19. The van der Waals surface area contributed by atoms with Crippen LogP contribution in [0.3, 0.4) is 0 Å². The van der Waals surface area contributed by atoms with E-state index >= 15 is 0 Å². The van der Waals surface area contributed by atoms with Crippen molar-refractivity contribution in [2.45, 2.75) is 25.9 Å². The molecule has 0 amide bonds. The van der Waals surface area contributed by atoms with Gasteiger partial charge in [-0.15, -0.1) is 0 Å². The van der Waals surface area contributed by atoms with Crippen molar-refractivity contribution in [3.63, 3.8) is 0 Å². The molecule has 68 valence electrons. The first-order valence-corrected chi connectivity index (χ1v) is 3.79. The molecular weight excluding hydrogens is 162 g/mol. The minimum Gasteiger partial charge on any atom is -0.328 e. The van der Waals surface area contributed by atoms with E-state index < -0.39 is 6.55 Å². The van der Waals surface area contributed by atoms with Crippen molar-refractivity contribution in [1.82, 2.24) is 4.57 Å². The molecule has 1 aromatic heterocycles. The van der Waals surface area contributed by atoms with Crippen LogP contribution in [0.2, 0.25) is 0 Å². The normalized spacial score (nSPS) is 13.8. The highest BCUT2D eigenvalue weighted by Crippen LogP contribution is 2.12. The molecule has 1 rings (SSSR count). The number of hydrogen-bond donors (Lipinski definition) is 1. The van der Waals surface area contributed by atoms with Crippen LogP contribution in [0.15, 0.2) is 18.5 Å². The molecule has 0 bridgehead atoms. The molecule has 12 heavy (non-hydrogen) atoms. The summed E-state index contributed by atoms with van der Waals surface area (Å²) < 4.78 is 25.0. The van der Waals surface area contributed by atoms with Gasteiger partial charge in [-0.2, -0.15) is 8.78 Å². The highest BCUT2D eigenvalue weighted by atomic mass is 19.3. The molecule has 0 radical (unpaired) electrons. The molecule has 1 unspecified atom stereocenters. The predicted molar refractivity (Wildman–Crippen MR) is 43.0 cm³/mol. The number of halogens is 2. The Balaban J connectivity index is 2.64. The summed E-state index contributed by atoms with van der Waals surface area (Å²) in [5.74, 6) is 0. The van der Waals surface area contributed by atoms with Crippen LogP contribution in [-0.2, 0) is 6.42 Å². The van der Waals surface area contributed by atoms with Gasteiger partial charge in [0.05, 0.1) is 0 Å². The molecule has 1 atom stereocenters. The molecule has 1 aromatic rings. The zero-order valence-corrected chi connectivity index (χ0v) is 6.87. The lowest BCUT2D eigenvalue weighted by Gasteiger charge is -2.01. The van der Waals surface area contributed by atoms with Gasteiger partial charge in [-0.1, -0.05) is 0 Å². The van der Waals surface area contributed by atoms with E-state index in [1.165, 1.54) is 12.4 Å². The topological polar surface area (TPSA) is 30.9 Å². The second-order valence-electron chi connectivity index (χ2n) is 2.93. The number of aromatic nitrogens is 1. The highest BCUT2D eigenvalue weighted by molar-refractivity contribution is 5.11. The molecule has 0 aliphatic carbocycles. The standard InChI is InChI=1S/C8H12F2N2/c1-6(11)4-7-2-3-12(5-7)8(9)10/h2-3,5-6,8H,4,11H2,1H3. The quantitative estimate of drug-likeness (QED) is 0.743. The molecule has 0 aliphatic rings. The Morgan fingerprint density at radius 3 is 2.67 bits per heavy atom. The Hall–Kier alpha value is -0.900. The molecule has 2 N–H and O–H groups in total. The largest absolute Gasteiger partial charge is 0.328 e. The molecule has 0 spiro atoms. The smallest absolute Gasteiger partial charge is 0.318 e. The fraction of sp³-hybridized carbons (Fsp3) is 0.500. The molecular formula is C8H12F2N2. The maximum atomic E-state index is 12.0. The summed E-state index contributed by atoms with van der Waals surface area (Å²) in [5, 5.41) is 0. The van der Waals surface area contributed by atoms with Gasteiger partial charge in [0.15, 0.2) is 0 Å². The van der Waals surface area contributed by atoms with Crippen LogP contribution in [0.5, 0.6) is 0 Å². The number of nitrogens with two attached hydrogens (primary N) is 1. The van der Waals surface area contributed by atoms with E-state index in [0.717, 1.165) is 10.1 Å². The summed E-state index contributed by atoms with van der Waals surface area (Å²) in [6.07, 6.45) is 3.43. The van der Waals surface area contributed by atoms with Gasteiger partial charge in [0, 0.05) is 18.4 Å².